The number of nitrogens with one attached hydrogen (secondary N) is 1. The van der Waals surface area contributed by atoms with Crippen molar-refractivity contribution in [2.24, 2.45) is 0 Å². The van der Waals surface area contributed by atoms with E-state index in [1.54, 1.807) is 38.3 Å². The predicted octanol–water partition coefficient (Wildman–Crippen LogP) is 3.70. The van der Waals surface area contributed by atoms with Gasteiger partial charge in [0.2, 0.25) is 0 Å². The van der Waals surface area contributed by atoms with Crippen LogP contribution in [0.4, 0.5) is 0 Å². The number of halogens is 1. The Hall–Kier alpha value is -3.13. The maximum absolute atomic E-state index is 12.9. The first-order chi connectivity index (χ1) is 14.5. The summed E-state index contributed by atoms with van der Waals surface area (Å²) in [4.78, 5) is 25.6. The molecule has 0 spiro atoms. The molecule has 0 aliphatic carbocycles. The summed E-state index contributed by atoms with van der Waals surface area (Å²) in [5.74, 6) is -0.366. The molecule has 0 saturated carbocycles. The fourth-order valence-electron chi connectivity index (χ4n) is 3.60. The summed E-state index contributed by atoms with van der Waals surface area (Å²) in [6.07, 6.45) is 0. The van der Waals surface area contributed by atoms with Gasteiger partial charge in [0.25, 0.3) is 5.91 Å². The van der Waals surface area contributed by atoms with Crippen molar-refractivity contribution in [1.82, 2.24) is 15.1 Å². The zero-order valence-corrected chi connectivity index (χ0v) is 18.1. The van der Waals surface area contributed by atoms with Crippen molar-refractivity contribution < 1.29 is 19.1 Å². The standard InChI is InChI=1S/C22H20BrN3O4/c1-3-30-22(28)19-18-17(13-4-6-14(23)7-5-13)12-24-21(27)20(18)26(25-19)15-8-10-16(29-2)11-9-15/h4-11,17H,3,12H2,1-2H3,(H,24,27). The van der Waals surface area contributed by atoms with Crippen LogP contribution in [0.2, 0.25) is 0 Å². The van der Waals surface area contributed by atoms with E-state index in [0.717, 1.165) is 10.0 Å². The van der Waals surface area contributed by atoms with Crippen LogP contribution in [0, 0.1) is 0 Å². The van der Waals surface area contributed by atoms with Crippen LogP contribution in [0.3, 0.4) is 0 Å². The fraction of sp³-hybridized carbons (Fsp3) is 0.227. The van der Waals surface area contributed by atoms with Gasteiger partial charge in [-0.2, -0.15) is 5.10 Å². The number of esters is 1. The van der Waals surface area contributed by atoms with Gasteiger partial charge in [-0.3, -0.25) is 4.79 Å². The zero-order chi connectivity index (χ0) is 21.3. The molecule has 1 unspecified atom stereocenters. The summed E-state index contributed by atoms with van der Waals surface area (Å²) >= 11 is 3.44. The second-order valence-electron chi connectivity index (χ2n) is 6.76. The lowest BCUT2D eigenvalue weighted by Crippen LogP contribution is -2.37. The van der Waals surface area contributed by atoms with E-state index in [0.29, 0.717) is 29.2 Å². The smallest absolute Gasteiger partial charge is 0.359 e. The molecule has 8 heteroatoms. The van der Waals surface area contributed by atoms with E-state index in [2.05, 4.69) is 26.3 Å². The van der Waals surface area contributed by atoms with Gasteiger partial charge in [-0.05, 0) is 48.9 Å². The Morgan fingerprint density at radius 1 is 1.20 bits per heavy atom. The lowest BCUT2D eigenvalue weighted by Gasteiger charge is -2.24. The van der Waals surface area contributed by atoms with Gasteiger partial charge in [-0.15, -0.1) is 0 Å². The third kappa shape index (κ3) is 3.59. The molecule has 1 atom stereocenters. The maximum Gasteiger partial charge on any atom is 0.359 e. The first kappa shape index (κ1) is 20.2. The molecule has 7 nitrogen and oxygen atoms in total. The molecule has 0 bridgehead atoms. The van der Waals surface area contributed by atoms with Crippen molar-refractivity contribution in [2.45, 2.75) is 12.8 Å². The molecule has 3 aromatic rings. The van der Waals surface area contributed by atoms with Crippen molar-refractivity contribution in [3.63, 3.8) is 0 Å². The Balaban J connectivity index is 1.91. The third-order valence-corrected chi connectivity index (χ3v) is 5.54. The summed E-state index contributed by atoms with van der Waals surface area (Å²) in [7, 11) is 1.58. The molecule has 1 aromatic heterocycles. The van der Waals surface area contributed by atoms with Crippen molar-refractivity contribution in [3.05, 3.63) is 75.5 Å². The number of fused-ring (bicyclic) bond motifs is 1. The Labute approximate surface area is 182 Å². The molecule has 154 valence electrons. The highest BCUT2D eigenvalue weighted by Crippen LogP contribution is 2.35. The molecule has 1 aliphatic rings. The highest BCUT2D eigenvalue weighted by molar-refractivity contribution is 9.10. The highest BCUT2D eigenvalue weighted by Gasteiger charge is 2.37. The molecule has 1 N–H and O–H groups in total. The minimum absolute atomic E-state index is 0.158. The summed E-state index contributed by atoms with van der Waals surface area (Å²) in [5, 5.41) is 7.44. The number of ether oxygens (including phenoxy) is 2. The SMILES string of the molecule is CCOC(=O)c1nn(-c2ccc(OC)cc2)c2c1C(c1ccc(Br)cc1)CNC2=O. The normalized spacial score (nSPS) is 15.3. The van der Waals surface area contributed by atoms with Gasteiger partial charge in [0.05, 0.1) is 19.4 Å². The van der Waals surface area contributed by atoms with Gasteiger partial charge in [-0.1, -0.05) is 28.1 Å². The van der Waals surface area contributed by atoms with Crippen LogP contribution >= 0.6 is 15.9 Å². The molecule has 1 aliphatic heterocycles. The van der Waals surface area contributed by atoms with Gasteiger partial charge >= 0.3 is 5.97 Å². The van der Waals surface area contributed by atoms with E-state index in [1.807, 2.05) is 24.3 Å². The zero-order valence-electron chi connectivity index (χ0n) is 16.5. The number of methoxy groups -OCH3 is 1. The number of amides is 1. The van der Waals surface area contributed by atoms with E-state index in [4.69, 9.17) is 9.47 Å². The largest absolute Gasteiger partial charge is 0.497 e. The van der Waals surface area contributed by atoms with E-state index < -0.39 is 5.97 Å². The van der Waals surface area contributed by atoms with Crippen molar-refractivity contribution >= 4 is 27.8 Å². The van der Waals surface area contributed by atoms with Gasteiger partial charge in [-0.25, -0.2) is 9.48 Å². The van der Waals surface area contributed by atoms with Gasteiger partial charge in [0.15, 0.2) is 5.69 Å². The van der Waals surface area contributed by atoms with E-state index in [1.165, 1.54) is 4.68 Å². The number of carbonyl (C=O) groups excluding carboxylic acids is 2. The molecule has 2 heterocycles. The molecule has 0 fully saturated rings. The van der Waals surface area contributed by atoms with E-state index in [9.17, 15) is 9.59 Å². The van der Waals surface area contributed by atoms with Crippen molar-refractivity contribution in [3.8, 4) is 11.4 Å². The Morgan fingerprint density at radius 2 is 1.90 bits per heavy atom. The summed E-state index contributed by atoms with van der Waals surface area (Å²) in [6, 6.07) is 14.9. The van der Waals surface area contributed by atoms with Crippen LogP contribution in [-0.4, -0.2) is 41.9 Å². The number of aromatic nitrogens is 2. The molecule has 30 heavy (non-hydrogen) atoms. The van der Waals surface area contributed by atoms with Crippen molar-refractivity contribution in [1.29, 1.82) is 0 Å². The Bertz CT molecular complexity index is 1090. The van der Waals surface area contributed by atoms with Crippen LogP contribution in [0.1, 0.15) is 44.9 Å². The lowest BCUT2D eigenvalue weighted by molar-refractivity contribution is 0.0517. The number of carbonyl (C=O) groups is 2. The summed E-state index contributed by atoms with van der Waals surface area (Å²) < 4.78 is 12.9. The average Bonchev–Trinajstić information content (AvgIpc) is 3.17. The van der Waals surface area contributed by atoms with Crippen LogP contribution in [-0.2, 0) is 4.74 Å². The molecular weight excluding hydrogens is 450 g/mol. The quantitative estimate of drug-likeness (QED) is 0.576. The number of rotatable bonds is 5. The van der Waals surface area contributed by atoms with Gasteiger partial charge < -0.3 is 14.8 Å². The molecule has 2 aromatic carbocycles. The fourth-order valence-corrected chi connectivity index (χ4v) is 3.86. The van der Waals surface area contributed by atoms with Crippen LogP contribution in [0.25, 0.3) is 5.69 Å². The van der Waals surface area contributed by atoms with Crippen molar-refractivity contribution in [2.75, 3.05) is 20.3 Å². The molecular formula is C22H20BrN3O4. The number of hydrogen-bond acceptors (Lipinski definition) is 5. The van der Waals surface area contributed by atoms with E-state index in [-0.39, 0.29) is 24.1 Å². The van der Waals surface area contributed by atoms with Crippen LogP contribution in [0.5, 0.6) is 5.75 Å². The number of nitrogens with zero attached hydrogens (tertiary/aromatic N) is 2. The lowest BCUT2D eigenvalue weighted by atomic mass is 9.86. The van der Waals surface area contributed by atoms with Gasteiger partial charge in [0.1, 0.15) is 11.4 Å². The monoisotopic (exact) mass is 469 g/mol. The number of hydrogen-bond donors (Lipinski definition) is 1. The number of benzene rings is 2. The molecule has 0 radical (unpaired) electrons. The second kappa shape index (κ2) is 8.31. The molecule has 1 amide bonds. The maximum atomic E-state index is 12.9. The van der Waals surface area contributed by atoms with E-state index >= 15 is 0 Å². The predicted molar refractivity (Wildman–Crippen MR) is 114 cm³/mol. The minimum Gasteiger partial charge on any atom is -0.497 e. The summed E-state index contributed by atoms with van der Waals surface area (Å²) in [5.41, 5.74) is 2.69. The Morgan fingerprint density at radius 3 is 2.53 bits per heavy atom. The molecule has 4 rings (SSSR count). The van der Waals surface area contributed by atoms with Crippen LogP contribution < -0.4 is 10.1 Å². The third-order valence-electron chi connectivity index (χ3n) is 5.01. The average molecular weight is 470 g/mol. The van der Waals surface area contributed by atoms with Crippen LogP contribution in [0.15, 0.2) is 53.0 Å². The first-order valence-corrected chi connectivity index (χ1v) is 10.3. The Kier molecular flexibility index (Phi) is 5.59. The first-order valence-electron chi connectivity index (χ1n) is 9.51. The summed E-state index contributed by atoms with van der Waals surface area (Å²) in [6.45, 7) is 2.33. The topological polar surface area (TPSA) is 82.4 Å². The minimum atomic E-state index is -0.544. The second-order valence-corrected chi connectivity index (χ2v) is 7.67. The highest BCUT2D eigenvalue weighted by atomic mass is 79.9. The van der Waals surface area contributed by atoms with Gasteiger partial charge in [0, 0.05) is 22.5 Å². The molecule has 0 saturated heterocycles.